The molecule has 0 fully saturated rings. The predicted octanol–water partition coefficient (Wildman–Crippen LogP) is 3.54. The Morgan fingerprint density at radius 1 is 1.15 bits per heavy atom. The molecule has 3 aromatic rings. The third-order valence-electron chi connectivity index (χ3n) is 4.03. The number of aromatic nitrogens is 2. The van der Waals surface area contributed by atoms with Gasteiger partial charge in [-0.2, -0.15) is 5.26 Å². The van der Waals surface area contributed by atoms with Gasteiger partial charge in [0.25, 0.3) is 11.6 Å². The Kier molecular flexibility index (Phi) is 5.14. The maximum absolute atomic E-state index is 12.3. The van der Waals surface area contributed by atoms with Crippen molar-refractivity contribution in [2.24, 2.45) is 0 Å². The molecule has 0 bridgehead atoms. The van der Waals surface area contributed by atoms with Crippen LogP contribution in [-0.4, -0.2) is 16.2 Å². The fraction of sp³-hybridized carbons (Fsp3) is 0.190. The molecule has 5 nitrogen and oxygen atoms in total. The molecule has 0 aliphatic heterocycles. The first-order valence-electron chi connectivity index (χ1n) is 8.42. The second kappa shape index (κ2) is 7.66. The van der Waals surface area contributed by atoms with E-state index < -0.39 is 0 Å². The van der Waals surface area contributed by atoms with Crippen molar-refractivity contribution in [3.8, 4) is 23.2 Å². The molecular formula is C21H19N3O2. The van der Waals surface area contributed by atoms with Crippen LogP contribution in [0.5, 0.6) is 6.01 Å². The van der Waals surface area contributed by atoms with Crippen LogP contribution < -0.4 is 10.3 Å². The van der Waals surface area contributed by atoms with E-state index in [0.29, 0.717) is 30.4 Å². The first kappa shape index (κ1) is 17.4. The summed E-state index contributed by atoms with van der Waals surface area (Å²) in [6.45, 7) is 4.46. The molecule has 0 N–H and O–H groups in total. The molecule has 0 unspecified atom stereocenters. The molecule has 2 aromatic carbocycles. The SMILES string of the molecule is CCOc1nc(C)cc(=O)n1Cc1ccc(-c2ccccc2C#N)cc1. The van der Waals surface area contributed by atoms with Gasteiger partial charge in [0.2, 0.25) is 0 Å². The number of ether oxygens (including phenoxy) is 1. The van der Waals surface area contributed by atoms with Crippen molar-refractivity contribution in [1.82, 2.24) is 9.55 Å². The molecule has 0 radical (unpaired) electrons. The van der Waals surface area contributed by atoms with E-state index in [9.17, 15) is 10.1 Å². The number of hydrogen-bond acceptors (Lipinski definition) is 4. The second-order valence-corrected chi connectivity index (χ2v) is 5.89. The summed E-state index contributed by atoms with van der Waals surface area (Å²) in [7, 11) is 0. The standard InChI is InChI=1S/C21H19N3O2/c1-3-26-21-23-15(2)12-20(25)24(21)14-16-8-10-17(11-9-16)19-7-5-4-6-18(19)13-22/h4-12H,3,14H2,1-2H3. The van der Waals surface area contributed by atoms with Crippen molar-refractivity contribution >= 4 is 0 Å². The zero-order valence-corrected chi connectivity index (χ0v) is 14.8. The second-order valence-electron chi connectivity index (χ2n) is 5.89. The lowest BCUT2D eigenvalue weighted by atomic mass is 9.99. The highest BCUT2D eigenvalue weighted by Gasteiger charge is 2.10. The largest absolute Gasteiger partial charge is 0.465 e. The van der Waals surface area contributed by atoms with Crippen molar-refractivity contribution < 1.29 is 4.74 Å². The summed E-state index contributed by atoms with van der Waals surface area (Å²) in [6.07, 6.45) is 0. The molecular weight excluding hydrogens is 326 g/mol. The number of aryl methyl sites for hydroxylation is 1. The van der Waals surface area contributed by atoms with Crippen LogP contribution in [0.15, 0.2) is 59.4 Å². The monoisotopic (exact) mass is 345 g/mol. The van der Waals surface area contributed by atoms with Gasteiger partial charge in [-0.1, -0.05) is 42.5 Å². The van der Waals surface area contributed by atoms with Gasteiger partial charge in [0.05, 0.1) is 24.8 Å². The Morgan fingerprint density at radius 3 is 2.58 bits per heavy atom. The van der Waals surface area contributed by atoms with Crippen LogP contribution in [0.3, 0.4) is 0 Å². The fourth-order valence-corrected chi connectivity index (χ4v) is 2.78. The summed E-state index contributed by atoms with van der Waals surface area (Å²) < 4.78 is 7.03. The molecule has 3 rings (SSSR count). The van der Waals surface area contributed by atoms with E-state index in [4.69, 9.17) is 4.74 Å². The van der Waals surface area contributed by atoms with E-state index in [1.54, 1.807) is 13.0 Å². The van der Waals surface area contributed by atoms with E-state index in [2.05, 4.69) is 11.1 Å². The minimum Gasteiger partial charge on any atom is -0.465 e. The lowest BCUT2D eigenvalue weighted by molar-refractivity contribution is 0.291. The molecule has 0 amide bonds. The summed E-state index contributed by atoms with van der Waals surface area (Å²) in [4.78, 5) is 16.6. The Morgan fingerprint density at radius 2 is 1.88 bits per heavy atom. The summed E-state index contributed by atoms with van der Waals surface area (Å²) >= 11 is 0. The summed E-state index contributed by atoms with van der Waals surface area (Å²) in [5.74, 6) is 0. The zero-order chi connectivity index (χ0) is 18.5. The van der Waals surface area contributed by atoms with Gasteiger partial charge in [0.15, 0.2) is 0 Å². The first-order chi connectivity index (χ1) is 12.6. The zero-order valence-electron chi connectivity index (χ0n) is 14.8. The van der Waals surface area contributed by atoms with Gasteiger partial charge >= 0.3 is 0 Å². The van der Waals surface area contributed by atoms with Crippen LogP contribution in [0.2, 0.25) is 0 Å². The van der Waals surface area contributed by atoms with Crippen molar-refractivity contribution in [2.45, 2.75) is 20.4 Å². The molecule has 0 aliphatic carbocycles. The van der Waals surface area contributed by atoms with Crippen molar-refractivity contribution in [2.75, 3.05) is 6.61 Å². The number of benzene rings is 2. The molecule has 0 atom stereocenters. The average molecular weight is 345 g/mol. The van der Waals surface area contributed by atoms with Gasteiger partial charge in [-0.05, 0) is 36.6 Å². The minimum absolute atomic E-state index is 0.139. The van der Waals surface area contributed by atoms with Crippen molar-refractivity contribution in [1.29, 1.82) is 5.26 Å². The Bertz CT molecular complexity index is 1010. The number of hydrogen-bond donors (Lipinski definition) is 0. The predicted molar refractivity (Wildman–Crippen MR) is 100 cm³/mol. The summed E-state index contributed by atoms with van der Waals surface area (Å²) in [6, 6.07) is 19.3. The number of rotatable bonds is 5. The van der Waals surface area contributed by atoms with E-state index in [0.717, 1.165) is 16.7 Å². The van der Waals surface area contributed by atoms with Crippen LogP contribution >= 0.6 is 0 Å². The Labute approximate surface area is 152 Å². The van der Waals surface area contributed by atoms with Crippen LogP contribution in [0.1, 0.15) is 23.7 Å². The smallest absolute Gasteiger partial charge is 0.299 e. The maximum Gasteiger partial charge on any atom is 0.299 e. The topological polar surface area (TPSA) is 67.9 Å². The van der Waals surface area contributed by atoms with Gasteiger partial charge in [0.1, 0.15) is 0 Å². The van der Waals surface area contributed by atoms with Crippen molar-refractivity contribution in [3.63, 3.8) is 0 Å². The van der Waals surface area contributed by atoms with Crippen molar-refractivity contribution in [3.05, 3.63) is 81.8 Å². The maximum atomic E-state index is 12.3. The van der Waals surface area contributed by atoms with Gasteiger partial charge in [-0.3, -0.25) is 9.36 Å². The van der Waals surface area contributed by atoms with E-state index in [-0.39, 0.29) is 5.56 Å². The number of nitriles is 1. The highest BCUT2D eigenvalue weighted by atomic mass is 16.5. The van der Waals surface area contributed by atoms with E-state index in [1.807, 2.05) is 49.4 Å². The fourth-order valence-electron chi connectivity index (χ4n) is 2.78. The highest BCUT2D eigenvalue weighted by Crippen LogP contribution is 2.23. The summed E-state index contributed by atoms with van der Waals surface area (Å²) in [5.41, 5.74) is 3.95. The van der Waals surface area contributed by atoms with Gasteiger partial charge in [-0.15, -0.1) is 0 Å². The third-order valence-corrected chi connectivity index (χ3v) is 4.03. The molecule has 1 aromatic heterocycles. The van der Waals surface area contributed by atoms with Crippen LogP contribution in [0, 0.1) is 18.3 Å². The molecule has 0 saturated carbocycles. The minimum atomic E-state index is -0.139. The highest BCUT2D eigenvalue weighted by molar-refractivity contribution is 5.70. The Hall–Kier alpha value is -3.39. The lowest BCUT2D eigenvalue weighted by Gasteiger charge is -2.13. The van der Waals surface area contributed by atoms with Crippen LogP contribution in [0.4, 0.5) is 0 Å². The molecule has 5 heteroatoms. The molecule has 26 heavy (non-hydrogen) atoms. The quantitative estimate of drug-likeness (QED) is 0.709. The molecule has 1 heterocycles. The molecule has 130 valence electrons. The molecule has 0 saturated heterocycles. The first-order valence-corrected chi connectivity index (χ1v) is 8.42. The molecule has 0 aliphatic rings. The van der Waals surface area contributed by atoms with E-state index >= 15 is 0 Å². The number of nitrogens with zero attached hydrogens (tertiary/aromatic N) is 3. The van der Waals surface area contributed by atoms with Gasteiger partial charge in [-0.25, -0.2) is 4.98 Å². The van der Waals surface area contributed by atoms with E-state index in [1.165, 1.54) is 10.6 Å². The summed E-state index contributed by atoms with van der Waals surface area (Å²) in [5, 5.41) is 9.25. The Balaban J connectivity index is 1.92. The van der Waals surface area contributed by atoms with Crippen LogP contribution in [0.25, 0.3) is 11.1 Å². The normalized spacial score (nSPS) is 10.3. The third kappa shape index (κ3) is 3.65. The average Bonchev–Trinajstić information content (AvgIpc) is 2.65. The van der Waals surface area contributed by atoms with Gasteiger partial charge < -0.3 is 4.74 Å². The van der Waals surface area contributed by atoms with Gasteiger partial charge in [0, 0.05) is 11.8 Å². The molecule has 0 spiro atoms. The van der Waals surface area contributed by atoms with Crippen LogP contribution in [-0.2, 0) is 6.54 Å². The lowest BCUT2D eigenvalue weighted by Crippen LogP contribution is -2.24.